The monoisotopic (exact) mass is 245 g/mol. The SMILES string of the molecule is CCOC(=O)C=C1CCN(c2ccccc2)CC1. The highest BCUT2D eigenvalue weighted by atomic mass is 16.5. The van der Waals surface area contributed by atoms with Crippen molar-refractivity contribution in [1.29, 1.82) is 0 Å². The second-order valence-corrected chi connectivity index (χ2v) is 4.38. The molecule has 18 heavy (non-hydrogen) atoms. The van der Waals surface area contributed by atoms with E-state index >= 15 is 0 Å². The summed E-state index contributed by atoms with van der Waals surface area (Å²) < 4.78 is 4.93. The molecule has 0 aromatic heterocycles. The van der Waals surface area contributed by atoms with Crippen LogP contribution in [0.15, 0.2) is 42.0 Å². The Morgan fingerprint density at radius 3 is 2.56 bits per heavy atom. The van der Waals surface area contributed by atoms with E-state index in [1.165, 1.54) is 11.3 Å². The Balaban J connectivity index is 1.90. The summed E-state index contributed by atoms with van der Waals surface area (Å²) in [6, 6.07) is 10.4. The molecule has 1 saturated heterocycles. The van der Waals surface area contributed by atoms with Gasteiger partial charge in [-0.15, -0.1) is 0 Å². The van der Waals surface area contributed by atoms with Crippen molar-refractivity contribution in [1.82, 2.24) is 0 Å². The number of carbonyl (C=O) groups is 1. The van der Waals surface area contributed by atoms with E-state index in [-0.39, 0.29) is 5.97 Å². The fourth-order valence-corrected chi connectivity index (χ4v) is 2.19. The average molecular weight is 245 g/mol. The summed E-state index contributed by atoms with van der Waals surface area (Å²) in [5.74, 6) is -0.208. The second kappa shape index (κ2) is 6.24. The van der Waals surface area contributed by atoms with Gasteiger partial charge in [0.05, 0.1) is 6.61 Å². The van der Waals surface area contributed by atoms with Crippen LogP contribution in [0.3, 0.4) is 0 Å². The van der Waals surface area contributed by atoms with E-state index in [0.29, 0.717) is 6.61 Å². The Morgan fingerprint density at radius 2 is 1.94 bits per heavy atom. The van der Waals surface area contributed by atoms with Crippen LogP contribution in [0.25, 0.3) is 0 Å². The predicted molar refractivity (Wildman–Crippen MR) is 72.6 cm³/mol. The van der Waals surface area contributed by atoms with Gasteiger partial charge < -0.3 is 9.64 Å². The summed E-state index contributed by atoms with van der Waals surface area (Å²) >= 11 is 0. The summed E-state index contributed by atoms with van der Waals surface area (Å²) in [6.45, 7) is 4.21. The summed E-state index contributed by atoms with van der Waals surface area (Å²) in [5, 5.41) is 0. The average Bonchev–Trinajstić information content (AvgIpc) is 2.41. The molecule has 96 valence electrons. The number of hydrogen-bond acceptors (Lipinski definition) is 3. The summed E-state index contributed by atoms with van der Waals surface area (Å²) in [4.78, 5) is 13.7. The number of hydrogen-bond donors (Lipinski definition) is 0. The first-order valence-electron chi connectivity index (χ1n) is 6.46. The number of ether oxygens (including phenoxy) is 1. The van der Waals surface area contributed by atoms with Gasteiger partial charge in [-0.3, -0.25) is 0 Å². The highest BCUT2D eigenvalue weighted by Crippen LogP contribution is 2.22. The smallest absolute Gasteiger partial charge is 0.330 e. The van der Waals surface area contributed by atoms with Crippen LogP contribution in [0.5, 0.6) is 0 Å². The predicted octanol–water partition coefficient (Wildman–Crippen LogP) is 2.78. The number of piperidine rings is 1. The molecule has 0 unspecified atom stereocenters. The molecule has 0 amide bonds. The van der Waals surface area contributed by atoms with Crippen LogP contribution in [0, 0.1) is 0 Å². The Kier molecular flexibility index (Phi) is 4.40. The Labute approximate surface area is 108 Å². The molecule has 0 spiro atoms. The summed E-state index contributed by atoms with van der Waals surface area (Å²) in [6.07, 6.45) is 3.53. The molecule has 1 heterocycles. The van der Waals surface area contributed by atoms with Crippen LogP contribution in [-0.2, 0) is 9.53 Å². The molecular formula is C15H19NO2. The molecule has 3 nitrogen and oxygen atoms in total. The maximum absolute atomic E-state index is 11.4. The van der Waals surface area contributed by atoms with E-state index < -0.39 is 0 Å². The van der Waals surface area contributed by atoms with Crippen molar-refractivity contribution >= 4 is 11.7 Å². The van der Waals surface area contributed by atoms with E-state index in [1.54, 1.807) is 6.08 Å². The molecule has 3 heteroatoms. The van der Waals surface area contributed by atoms with Gasteiger partial charge in [-0.25, -0.2) is 4.79 Å². The normalized spacial score (nSPS) is 15.4. The molecule has 1 aliphatic heterocycles. The number of para-hydroxylation sites is 1. The fraction of sp³-hybridized carbons (Fsp3) is 0.400. The largest absolute Gasteiger partial charge is 0.463 e. The van der Waals surface area contributed by atoms with Gasteiger partial charge in [0.1, 0.15) is 0 Å². The lowest BCUT2D eigenvalue weighted by Gasteiger charge is -2.30. The van der Waals surface area contributed by atoms with Gasteiger partial charge in [-0.05, 0) is 31.9 Å². The number of anilines is 1. The number of nitrogens with zero attached hydrogens (tertiary/aromatic N) is 1. The third-order valence-corrected chi connectivity index (χ3v) is 3.14. The van der Waals surface area contributed by atoms with Crippen molar-refractivity contribution in [3.05, 3.63) is 42.0 Å². The third kappa shape index (κ3) is 3.36. The van der Waals surface area contributed by atoms with Crippen molar-refractivity contribution in [3.63, 3.8) is 0 Å². The lowest BCUT2D eigenvalue weighted by molar-refractivity contribution is -0.137. The Bertz CT molecular complexity index is 415. The topological polar surface area (TPSA) is 29.5 Å². The molecule has 2 rings (SSSR count). The minimum absolute atomic E-state index is 0.208. The van der Waals surface area contributed by atoms with Crippen molar-refractivity contribution in [2.75, 3.05) is 24.6 Å². The zero-order chi connectivity index (χ0) is 12.8. The quantitative estimate of drug-likeness (QED) is 0.606. The first-order chi connectivity index (χ1) is 8.79. The highest BCUT2D eigenvalue weighted by Gasteiger charge is 2.15. The molecule has 1 aromatic rings. The lowest BCUT2D eigenvalue weighted by atomic mass is 10.0. The van der Waals surface area contributed by atoms with E-state index in [1.807, 2.05) is 13.0 Å². The van der Waals surface area contributed by atoms with Gasteiger partial charge in [-0.2, -0.15) is 0 Å². The first-order valence-corrected chi connectivity index (χ1v) is 6.46. The molecule has 0 saturated carbocycles. The van der Waals surface area contributed by atoms with E-state index in [2.05, 4.69) is 29.2 Å². The minimum Gasteiger partial charge on any atom is -0.463 e. The number of rotatable bonds is 3. The first kappa shape index (κ1) is 12.7. The van der Waals surface area contributed by atoms with E-state index in [4.69, 9.17) is 4.74 Å². The van der Waals surface area contributed by atoms with E-state index in [9.17, 15) is 4.79 Å². The van der Waals surface area contributed by atoms with Gasteiger partial charge in [-0.1, -0.05) is 23.8 Å². The maximum Gasteiger partial charge on any atom is 0.330 e. The van der Waals surface area contributed by atoms with Gasteiger partial charge in [0.2, 0.25) is 0 Å². The molecule has 1 fully saturated rings. The fourth-order valence-electron chi connectivity index (χ4n) is 2.19. The van der Waals surface area contributed by atoms with Crippen molar-refractivity contribution in [3.8, 4) is 0 Å². The van der Waals surface area contributed by atoms with Crippen molar-refractivity contribution in [2.45, 2.75) is 19.8 Å². The molecule has 0 N–H and O–H groups in total. The number of carbonyl (C=O) groups excluding carboxylic acids is 1. The summed E-state index contributed by atoms with van der Waals surface area (Å²) in [5.41, 5.74) is 2.45. The summed E-state index contributed by atoms with van der Waals surface area (Å²) in [7, 11) is 0. The zero-order valence-electron chi connectivity index (χ0n) is 10.8. The Hall–Kier alpha value is -1.77. The molecule has 1 aliphatic rings. The lowest BCUT2D eigenvalue weighted by Crippen LogP contribution is -2.30. The van der Waals surface area contributed by atoms with Crippen LogP contribution in [-0.4, -0.2) is 25.7 Å². The van der Waals surface area contributed by atoms with Crippen LogP contribution < -0.4 is 4.90 Å². The van der Waals surface area contributed by atoms with Gasteiger partial charge in [0.15, 0.2) is 0 Å². The van der Waals surface area contributed by atoms with Gasteiger partial charge >= 0.3 is 5.97 Å². The van der Waals surface area contributed by atoms with Crippen LogP contribution >= 0.6 is 0 Å². The molecule has 0 aliphatic carbocycles. The van der Waals surface area contributed by atoms with Crippen molar-refractivity contribution < 1.29 is 9.53 Å². The molecule has 0 atom stereocenters. The van der Waals surface area contributed by atoms with Crippen LogP contribution in [0.4, 0.5) is 5.69 Å². The third-order valence-electron chi connectivity index (χ3n) is 3.14. The second-order valence-electron chi connectivity index (χ2n) is 4.38. The zero-order valence-corrected chi connectivity index (χ0v) is 10.8. The van der Waals surface area contributed by atoms with Crippen LogP contribution in [0.2, 0.25) is 0 Å². The van der Waals surface area contributed by atoms with Gasteiger partial charge in [0.25, 0.3) is 0 Å². The maximum atomic E-state index is 11.4. The molecular weight excluding hydrogens is 226 g/mol. The highest BCUT2D eigenvalue weighted by molar-refractivity contribution is 5.82. The van der Waals surface area contributed by atoms with Crippen molar-refractivity contribution in [2.24, 2.45) is 0 Å². The molecule has 0 bridgehead atoms. The molecule has 1 aromatic carbocycles. The minimum atomic E-state index is -0.208. The van der Waals surface area contributed by atoms with E-state index in [0.717, 1.165) is 25.9 Å². The number of esters is 1. The van der Waals surface area contributed by atoms with Crippen LogP contribution in [0.1, 0.15) is 19.8 Å². The molecule has 0 radical (unpaired) electrons. The standard InChI is InChI=1S/C15H19NO2/c1-2-18-15(17)12-13-8-10-16(11-9-13)14-6-4-3-5-7-14/h3-7,12H,2,8-11H2,1H3. The Morgan fingerprint density at radius 1 is 1.28 bits per heavy atom. The van der Waals surface area contributed by atoms with Gasteiger partial charge in [0, 0.05) is 24.9 Å². The number of benzene rings is 1.